The van der Waals surface area contributed by atoms with Crippen LogP contribution in [0, 0.1) is 5.92 Å². The first-order chi connectivity index (χ1) is 22.2. The number of nitrogens with zero attached hydrogens (tertiary/aromatic N) is 1. The fourth-order valence-electron chi connectivity index (χ4n) is 6.76. The first-order valence-electron chi connectivity index (χ1n) is 15.2. The molecule has 46 heavy (non-hydrogen) atoms. The number of ether oxygens (including phenoxy) is 1. The summed E-state index contributed by atoms with van der Waals surface area (Å²) in [4.78, 5) is 39.4. The molecule has 4 aromatic rings. The van der Waals surface area contributed by atoms with Crippen LogP contribution in [0.1, 0.15) is 41.6 Å². The minimum absolute atomic E-state index is 0.0291. The molecular formula is C35H35N3O7S. The number of anilines is 1. The smallest absolute Gasteiger partial charge is 0.326 e. The average Bonchev–Trinajstić information content (AvgIpc) is 3.08. The number of hydrogen-bond acceptors (Lipinski definition) is 6. The molecule has 2 saturated heterocycles. The van der Waals surface area contributed by atoms with Crippen molar-refractivity contribution in [1.29, 1.82) is 0 Å². The number of fused-ring (bicyclic) bond motifs is 4. The molecule has 238 valence electrons. The highest BCUT2D eigenvalue weighted by atomic mass is 32.2. The summed E-state index contributed by atoms with van der Waals surface area (Å²) in [6.07, 6.45) is 2.72. The quantitative estimate of drug-likeness (QED) is 0.225. The molecular weight excluding hydrogens is 606 g/mol. The van der Waals surface area contributed by atoms with Crippen LogP contribution in [0.4, 0.5) is 5.69 Å². The van der Waals surface area contributed by atoms with Crippen LogP contribution >= 0.6 is 0 Å². The van der Waals surface area contributed by atoms with Crippen molar-refractivity contribution in [2.45, 2.75) is 55.1 Å². The van der Waals surface area contributed by atoms with Gasteiger partial charge in [0.25, 0.3) is 5.91 Å². The summed E-state index contributed by atoms with van der Waals surface area (Å²) >= 11 is 0. The third-order valence-electron chi connectivity index (χ3n) is 9.01. The minimum atomic E-state index is -3.97. The van der Waals surface area contributed by atoms with Gasteiger partial charge >= 0.3 is 5.97 Å². The Kier molecular flexibility index (Phi) is 8.79. The third kappa shape index (κ3) is 6.08. The molecule has 3 fully saturated rings. The van der Waals surface area contributed by atoms with Crippen LogP contribution in [0.3, 0.4) is 0 Å². The van der Waals surface area contributed by atoms with E-state index in [9.17, 15) is 27.9 Å². The largest absolute Gasteiger partial charge is 0.496 e. The van der Waals surface area contributed by atoms with E-state index in [1.165, 1.54) is 23.5 Å². The SMILES string of the molecule is COc1ccc2ccccc2c1C(=O)Nc1ccc(CC(NC(=O)C2C3CCC(CC3)N2S(=O)(=O)c2ccccc2)C(=O)O)cc1. The third-order valence-corrected chi connectivity index (χ3v) is 11.0. The number of carboxylic acids is 1. The summed E-state index contributed by atoms with van der Waals surface area (Å²) in [6.45, 7) is 0. The van der Waals surface area contributed by atoms with E-state index < -0.39 is 34.0 Å². The standard InChI is InChI=1S/C35H35N3O7S/c1-45-30-20-15-23-7-5-6-10-28(23)31(30)33(39)36-25-16-11-22(12-17-25)21-29(35(41)42)37-34(40)32-24-13-18-26(19-14-24)38(32)46(43,44)27-8-3-2-4-9-27/h2-12,15-17,20,24,26,29,32H,13-14,18-19,21H2,1H3,(H,36,39)(H,37,40)(H,41,42). The molecule has 2 bridgehead atoms. The van der Waals surface area contributed by atoms with E-state index in [0.717, 1.165) is 10.8 Å². The molecule has 2 amide bonds. The molecule has 2 heterocycles. The maximum atomic E-state index is 13.7. The van der Waals surface area contributed by atoms with Crippen molar-refractivity contribution < 1.29 is 32.6 Å². The molecule has 4 aromatic carbocycles. The fourth-order valence-corrected chi connectivity index (χ4v) is 8.68. The van der Waals surface area contributed by atoms with Gasteiger partial charge in [-0.1, -0.05) is 60.7 Å². The molecule has 1 saturated carbocycles. The van der Waals surface area contributed by atoms with E-state index in [4.69, 9.17) is 4.74 Å². The van der Waals surface area contributed by atoms with Crippen molar-refractivity contribution in [3.63, 3.8) is 0 Å². The summed E-state index contributed by atoms with van der Waals surface area (Å²) in [5.41, 5.74) is 1.52. The number of piperidine rings is 2. The average molecular weight is 642 g/mol. The van der Waals surface area contributed by atoms with Gasteiger partial charge in [0.05, 0.1) is 17.6 Å². The molecule has 2 aliphatic heterocycles. The van der Waals surface area contributed by atoms with Gasteiger partial charge in [-0.25, -0.2) is 13.2 Å². The molecule has 7 rings (SSSR count). The molecule has 0 aromatic heterocycles. The van der Waals surface area contributed by atoms with E-state index in [1.807, 2.05) is 30.3 Å². The van der Waals surface area contributed by atoms with Gasteiger partial charge in [0.1, 0.15) is 17.8 Å². The Hall–Kier alpha value is -4.74. The first-order valence-corrected chi connectivity index (χ1v) is 16.7. The number of carbonyl (C=O) groups is 3. The van der Waals surface area contributed by atoms with Gasteiger partial charge in [-0.15, -0.1) is 0 Å². The number of carbonyl (C=O) groups excluding carboxylic acids is 2. The van der Waals surface area contributed by atoms with Crippen molar-refractivity contribution in [1.82, 2.24) is 9.62 Å². The van der Waals surface area contributed by atoms with Crippen LogP contribution < -0.4 is 15.4 Å². The van der Waals surface area contributed by atoms with Crippen LogP contribution in [0.15, 0.2) is 95.9 Å². The van der Waals surface area contributed by atoms with Crippen LogP contribution in [-0.4, -0.2) is 60.8 Å². The van der Waals surface area contributed by atoms with Crippen LogP contribution in [0.2, 0.25) is 0 Å². The molecule has 0 radical (unpaired) electrons. The highest BCUT2D eigenvalue weighted by Crippen LogP contribution is 2.42. The number of rotatable bonds is 10. The van der Waals surface area contributed by atoms with Crippen molar-refractivity contribution >= 4 is 44.3 Å². The zero-order valence-electron chi connectivity index (χ0n) is 25.3. The number of carboxylic acid groups (broad SMARTS) is 1. The molecule has 11 heteroatoms. The van der Waals surface area contributed by atoms with Crippen LogP contribution in [0.5, 0.6) is 5.75 Å². The lowest BCUT2D eigenvalue weighted by Crippen LogP contribution is -2.63. The van der Waals surface area contributed by atoms with Crippen LogP contribution in [0.25, 0.3) is 10.8 Å². The maximum Gasteiger partial charge on any atom is 0.326 e. The molecule has 3 aliphatic rings. The number of methoxy groups -OCH3 is 1. The summed E-state index contributed by atoms with van der Waals surface area (Å²) in [7, 11) is -2.47. The van der Waals surface area contributed by atoms with Crippen LogP contribution in [-0.2, 0) is 26.0 Å². The molecule has 1 aliphatic carbocycles. The first kappa shape index (κ1) is 31.3. The van der Waals surface area contributed by atoms with E-state index >= 15 is 0 Å². The Labute approximate surface area is 267 Å². The van der Waals surface area contributed by atoms with E-state index in [-0.39, 0.29) is 29.2 Å². The van der Waals surface area contributed by atoms with Gasteiger partial charge < -0.3 is 20.5 Å². The zero-order chi connectivity index (χ0) is 32.4. The van der Waals surface area contributed by atoms with Crippen molar-refractivity contribution in [3.05, 3.63) is 102 Å². The maximum absolute atomic E-state index is 13.7. The van der Waals surface area contributed by atoms with Crippen molar-refractivity contribution in [3.8, 4) is 5.75 Å². The van der Waals surface area contributed by atoms with Gasteiger partial charge in [-0.05, 0) is 78.3 Å². The number of aliphatic carboxylic acids is 1. The van der Waals surface area contributed by atoms with Gasteiger partial charge in [0.2, 0.25) is 15.9 Å². The predicted molar refractivity (Wildman–Crippen MR) is 173 cm³/mol. The highest BCUT2D eigenvalue weighted by Gasteiger charge is 2.51. The minimum Gasteiger partial charge on any atom is -0.496 e. The molecule has 0 spiro atoms. The fraction of sp³-hybridized carbons (Fsp3) is 0.286. The number of benzene rings is 4. The summed E-state index contributed by atoms with van der Waals surface area (Å²) in [5.74, 6) is -1.94. The lowest BCUT2D eigenvalue weighted by atomic mass is 9.76. The molecule has 2 atom stereocenters. The Balaban J connectivity index is 1.17. The summed E-state index contributed by atoms with van der Waals surface area (Å²) < 4.78 is 34.2. The Morgan fingerprint density at radius 3 is 2.24 bits per heavy atom. The Bertz CT molecular complexity index is 1870. The monoisotopic (exact) mass is 641 g/mol. The normalized spacial score (nSPS) is 20.2. The summed E-state index contributed by atoms with van der Waals surface area (Å²) in [6, 6.07) is 23.3. The molecule has 3 N–H and O–H groups in total. The van der Waals surface area contributed by atoms with E-state index in [1.54, 1.807) is 48.5 Å². The zero-order valence-corrected chi connectivity index (χ0v) is 26.1. The van der Waals surface area contributed by atoms with Gasteiger partial charge in [0, 0.05) is 18.2 Å². The Morgan fingerprint density at radius 1 is 0.891 bits per heavy atom. The number of amides is 2. The number of nitrogens with one attached hydrogen (secondary N) is 2. The lowest BCUT2D eigenvalue weighted by molar-refractivity contribution is -0.143. The van der Waals surface area contributed by atoms with Gasteiger partial charge in [-0.3, -0.25) is 9.59 Å². The number of hydrogen-bond donors (Lipinski definition) is 3. The van der Waals surface area contributed by atoms with Crippen molar-refractivity contribution in [2.75, 3.05) is 12.4 Å². The Morgan fingerprint density at radius 2 is 1.57 bits per heavy atom. The highest BCUT2D eigenvalue weighted by molar-refractivity contribution is 7.89. The number of sulfonamides is 1. The molecule has 2 unspecified atom stereocenters. The van der Waals surface area contributed by atoms with Gasteiger partial charge in [0.15, 0.2) is 0 Å². The van der Waals surface area contributed by atoms with E-state index in [0.29, 0.717) is 48.2 Å². The molecule has 10 nitrogen and oxygen atoms in total. The predicted octanol–water partition coefficient (Wildman–Crippen LogP) is 4.84. The van der Waals surface area contributed by atoms with Crippen molar-refractivity contribution in [2.24, 2.45) is 5.92 Å². The lowest BCUT2D eigenvalue weighted by Gasteiger charge is -2.49. The summed E-state index contributed by atoms with van der Waals surface area (Å²) in [5, 5.41) is 17.2. The van der Waals surface area contributed by atoms with Gasteiger partial charge in [-0.2, -0.15) is 4.31 Å². The second kappa shape index (κ2) is 12.9. The topological polar surface area (TPSA) is 142 Å². The second-order valence-corrected chi connectivity index (χ2v) is 13.6. The second-order valence-electron chi connectivity index (χ2n) is 11.8. The van der Waals surface area contributed by atoms with E-state index in [2.05, 4.69) is 10.6 Å².